The van der Waals surface area contributed by atoms with Gasteiger partial charge in [-0.25, -0.2) is 4.99 Å². The van der Waals surface area contributed by atoms with Gasteiger partial charge < -0.3 is 10.1 Å². The standard InChI is InChI=1S/C28H29N3O3S/c1-19-8-7-9-20(2)26(19)30-25(32)18-24-27(33)31(17-16-21-12-14-23(34-3)15-13-21)28(35-24)29-22-10-5-4-6-11-22/h4-15,24H,16-18H2,1-3H3,(H,30,32). The number of thioether (sulfide) groups is 1. The second kappa shape index (κ2) is 11.2. The Bertz CT molecular complexity index is 1210. The van der Waals surface area contributed by atoms with Crippen molar-refractivity contribution in [2.75, 3.05) is 19.0 Å². The van der Waals surface area contributed by atoms with Crippen LogP contribution in [-0.4, -0.2) is 40.8 Å². The number of carbonyl (C=O) groups is 2. The number of amides is 2. The highest BCUT2D eigenvalue weighted by Gasteiger charge is 2.39. The summed E-state index contributed by atoms with van der Waals surface area (Å²) in [4.78, 5) is 32.7. The van der Waals surface area contributed by atoms with Crippen molar-refractivity contribution in [2.24, 2.45) is 4.99 Å². The largest absolute Gasteiger partial charge is 0.497 e. The molecule has 0 aromatic heterocycles. The molecule has 1 saturated heterocycles. The first-order valence-electron chi connectivity index (χ1n) is 11.6. The summed E-state index contributed by atoms with van der Waals surface area (Å²) >= 11 is 1.36. The molecule has 0 bridgehead atoms. The zero-order valence-corrected chi connectivity index (χ0v) is 21.0. The summed E-state index contributed by atoms with van der Waals surface area (Å²) in [6, 6.07) is 23.3. The van der Waals surface area contributed by atoms with Crippen LogP contribution in [0.15, 0.2) is 77.8 Å². The van der Waals surface area contributed by atoms with E-state index in [1.165, 1.54) is 11.8 Å². The number of amidine groups is 1. The number of para-hydroxylation sites is 2. The third-order valence-electron chi connectivity index (χ3n) is 5.90. The average Bonchev–Trinajstić information content (AvgIpc) is 3.14. The number of benzene rings is 3. The Hall–Kier alpha value is -3.58. The van der Waals surface area contributed by atoms with Crippen LogP contribution in [0.25, 0.3) is 0 Å². The van der Waals surface area contributed by atoms with Gasteiger partial charge in [0.15, 0.2) is 5.17 Å². The van der Waals surface area contributed by atoms with Crippen LogP contribution in [0.5, 0.6) is 5.75 Å². The summed E-state index contributed by atoms with van der Waals surface area (Å²) in [5, 5.41) is 3.11. The maximum absolute atomic E-state index is 13.4. The minimum absolute atomic E-state index is 0.0874. The lowest BCUT2D eigenvalue weighted by Gasteiger charge is -2.17. The van der Waals surface area contributed by atoms with Gasteiger partial charge in [-0.05, 0) is 61.2 Å². The van der Waals surface area contributed by atoms with Crippen molar-refractivity contribution < 1.29 is 14.3 Å². The van der Waals surface area contributed by atoms with Crippen molar-refractivity contribution in [3.63, 3.8) is 0 Å². The number of anilines is 1. The van der Waals surface area contributed by atoms with Crippen molar-refractivity contribution >= 4 is 40.1 Å². The van der Waals surface area contributed by atoms with E-state index in [0.717, 1.165) is 33.8 Å². The normalized spacial score (nSPS) is 16.5. The first-order chi connectivity index (χ1) is 16.9. The Morgan fingerprint density at radius 3 is 2.34 bits per heavy atom. The highest BCUT2D eigenvalue weighted by molar-refractivity contribution is 8.15. The number of hydrogen-bond acceptors (Lipinski definition) is 5. The Balaban J connectivity index is 1.50. The molecule has 35 heavy (non-hydrogen) atoms. The van der Waals surface area contributed by atoms with Crippen LogP contribution in [0.4, 0.5) is 11.4 Å². The SMILES string of the molecule is COc1ccc(CCN2C(=O)C(CC(=O)Nc3c(C)cccc3C)SC2=Nc2ccccc2)cc1. The van der Waals surface area contributed by atoms with E-state index >= 15 is 0 Å². The molecule has 1 aliphatic heterocycles. The van der Waals surface area contributed by atoms with Gasteiger partial charge in [-0.3, -0.25) is 14.5 Å². The van der Waals surface area contributed by atoms with Crippen LogP contribution in [0, 0.1) is 13.8 Å². The quantitative estimate of drug-likeness (QED) is 0.455. The number of methoxy groups -OCH3 is 1. The highest BCUT2D eigenvalue weighted by atomic mass is 32.2. The van der Waals surface area contributed by atoms with Gasteiger partial charge in [0.05, 0.1) is 12.8 Å². The number of ether oxygens (including phenoxy) is 1. The molecule has 0 spiro atoms. The lowest BCUT2D eigenvalue weighted by molar-refractivity contribution is -0.128. The number of hydrogen-bond donors (Lipinski definition) is 1. The molecule has 0 saturated carbocycles. The number of carbonyl (C=O) groups excluding carboxylic acids is 2. The Morgan fingerprint density at radius 2 is 1.69 bits per heavy atom. The Labute approximate surface area is 210 Å². The molecule has 1 fully saturated rings. The summed E-state index contributed by atoms with van der Waals surface area (Å²) in [5.41, 5.74) is 4.67. The van der Waals surface area contributed by atoms with Gasteiger partial charge >= 0.3 is 0 Å². The molecule has 3 aromatic carbocycles. The monoisotopic (exact) mass is 487 g/mol. The molecule has 6 nitrogen and oxygen atoms in total. The summed E-state index contributed by atoms with van der Waals surface area (Å²) in [5.74, 6) is 0.530. The fraction of sp³-hybridized carbons (Fsp3) is 0.250. The summed E-state index contributed by atoms with van der Waals surface area (Å²) < 4.78 is 5.23. The molecule has 1 atom stereocenters. The van der Waals surface area contributed by atoms with Gasteiger partial charge in [0.25, 0.3) is 0 Å². The summed E-state index contributed by atoms with van der Waals surface area (Å²) in [6.07, 6.45) is 0.759. The van der Waals surface area contributed by atoms with Gasteiger partial charge in [-0.2, -0.15) is 0 Å². The van der Waals surface area contributed by atoms with Gasteiger partial charge in [0.2, 0.25) is 11.8 Å². The first kappa shape index (κ1) is 24.5. The van der Waals surface area contributed by atoms with E-state index in [0.29, 0.717) is 18.1 Å². The van der Waals surface area contributed by atoms with Gasteiger partial charge in [0, 0.05) is 18.7 Å². The lowest BCUT2D eigenvalue weighted by Crippen LogP contribution is -2.35. The number of aryl methyl sites for hydroxylation is 2. The highest BCUT2D eigenvalue weighted by Crippen LogP contribution is 2.32. The first-order valence-corrected chi connectivity index (χ1v) is 12.4. The molecule has 7 heteroatoms. The zero-order chi connectivity index (χ0) is 24.8. The van der Waals surface area contributed by atoms with Crippen LogP contribution < -0.4 is 10.1 Å². The minimum Gasteiger partial charge on any atom is -0.497 e. The fourth-order valence-corrected chi connectivity index (χ4v) is 5.13. The number of aliphatic imine (C=N–C) groups is 1. The van der Waals surface area contributed by atoms with Gasteiger partial charge in [0.1, 0.15) is 11.0 Å². The predicted molar refractivity (Wildman–Crippen MR) is 142 cm³/mol. The maximum Gasteiger partial charge on any atom is 0.242 e. The third-order valence-corrected chi connectivity index (χ3v) is 7.08. The molecule has 1 heterocycles. The van der Waals surface area contributed by atoms with Crippen LogP contribution >= 0.6 is 11.8 Å². The second-order valence-corrected chi connectivity index (χ2v) is 9.61. The van der Waals surface area contributed by atoms with Crippen molar-refractivity contribution in [2.45, 2.75) is 31.9 Å². The Morgan fingerprint density at radius 1 is 1.00 bits per heavy atom. The fourth-order valence-electron chi connectivity index (χ4n) is 3.95. The molecule has 1 unspecified atom stereocenters. The molecule has 2 amide bonds. The lowest BCUT2D eigenvalue weighted by atomic mass is 10.1. The predicted octanol–water partition coefficient (Wildman–Crippen LogP) is 5.52. The Kier molecular flexibility index (Phi) is 7.87. The molecule has 1 aliphatic rings. The van der Waals surface area contributed by atoms with E-state index in [2.05, 4.69) is 5.32 Å². The van der Waals surface area contributed by atoms with Gasteiger partial charge in [-0.1, -0.05) is 60.3 Å². The third kappa shape index (κ3) is 6.11. The van der Waals surface area contributed by atoms with Crippen molar-refractivity contribution in [3.05, 3.63) is 89.5 Å². The van der Waals surface area contributed by atoms with Crippen LogP contribution in [-0.2, 0) is 16.0 Å². The topological polar surface area (TPSA) is 71.0 Å². The zero-order valence-electron chi connectivity index (χ0n) is 20.2. The summed E-state index contributed by atoms with van der Waals surface area (Å²) in [7, 11) is 1.64. The van der Waals surface area contributed by atoms with E-state index in [9.17, 15) is 9.59 Å². The van der Waals surface area contributed by atoms with E-state index in [4.69, 9.17) is 9.73 Å². The minimum atomic E-state index is -0.516. The van der Waals surface area contributed by atoms with Crippen LogP contribution in [0.1, 0.15) is 23.1 Å². The van der Waals surface area contributed by atoms with E-state index < -0.39 is 5.25 Å². The molecule has 4 rings (SSSR count). The molecular formula is C28H29N3O3S. The van der Waals surface area contributed by atoms with E-state index in [-0.39, 0.29) is 18.2 Å². The maximum atomic E-state index is 13.4. The average molecular weight is 488 g/mol. The number of nitrogens with zero attached hydrogens (tertiary/aromatic N) is 2. The molecule has 0 aliphatic carbocycles. The summed E-state index contributed by atoms with van der Waals surface area (Å²) in [6.45, 7) is 4.41. The number of rotatable bonds is 8. The molecule has 1 N–H and O–H groups in total. The van der Waals surface area contributed by atoms with Crippen molar-refractivity contribution in [3.8, 4) is 5.75 Å². The second-order valence-electron chi connectivity index (χ2n) is 8.44. The van der Waals surface area contributed by atoms with Crippen molar-refractivity contribution in [1.29, 1.82) is 0 Å². The van der Waals surface area contributed by atoms with Crippen LogP contribution in [0.2, 0.25) is 0 Å². The van der Waals surface area contributed by atoms with Gasteiger partial charge in [-0.15, -0.1) is 0 Å². The number of nitrogens with one attached hydrogen (secondary N) is 1. The molecule has 180 valence electrons. The molecular weight excluding hydrogens is 458 g/mol. The smallest absolute Gasteiger partial charge is 0.242 e. The molecule has 3 aromatic rings. The van der Waals surface area contributed by atoms with E-state index in [1.54, 1.807) is 12.0 Å². The van der Waals surface area contributed by atoms with Crippen LogP contribution in [0.3, 0.4) is 0 Å². The van der Waals surface area contributed by atoms with Crippen molar-refractivity contribution in [1.82, 2.24) is 4.90 Å². The van der Waals surface area contributed by atoms with E-state index in [1.807, 2.05) is 86.6 Å². The molecule has 0 radical (unpaired) electrons.